The van der Waals surface area contributed by atoms with Crippen molar-refractivity contribution in [3.63, 3.8) is 0 Å². The highest BCUT2D eigenvalue weighted by Gasteiger charge is 2.29. The molecule has 0 unspecified atom stereocenters. The van der Waals surface area contributed by atoms with E-state index in [2.05, 4.69) is 19.7 Å². The number of para-hydroxylation sites is 1. The summed E-state index contributed by atoms with van der Waals surface area (Å²) in [6.45, 7) is 2.02. The number of aryl methyl sites for hydroxylation is 1. The van der Waals surface area contributed by atoms with Crippen molar-refractivity contribution in [1.29, 1.82) is 0 Å². The van der Waals surface area contributed by atoms with Gasteiger partial charge in [-0.1, -0.05) is 79.6 Å². The number of nitrogens with one attached hydrogen (secondary N) is 1. The zero-order chi connectivity index (χ0) is 21.2. The van der Waals surface area contributed by atoms with Crippen LogP contribution in [0.25, 0.3) is 10.9 Å². The maximum Gasteiger partial charge on any atom is 0.192 e. The predicted molar refractivity (Wildman–Crippen MR) is 125 cm³/mol. The molecule has 31 heavy (non-hydrogen) atoms. The minimum atomic E-state index is -0.383. The highest BCUT2D eigenvalue weighted by Crippen LogP contribution is 2.41. The van der Waals surface area contributed by atoms with Crippen LogP contribution in [0.2, 0.25) is 0 Å². The van der Waals surface area contributed by atoms with E-state index >= 15 is 0 Å². The van der Waals surface area contributed by atoms with Crippen molar-refractivity contribution < 1.29 is 4.79 Å². The number of aromatic nitrogens is 4. The van der Waals surface area contributed by atoms with E-state index in [1.165, 1.54) is 31.0 Å². The highest BCUT2D eigenvalue weighted by molar-refractivity contribution is 8.00. The molecule has 1 saturated carbocycles. The Balaban J connectivity index is 1.53. The smallest absolute Gasteiger partial charge is 0.192 e. The number of nitrogens with zero attached hydrogens (tertiary/aromatic N) is 3. The number of Topliss-reactive ketones (excluding diaryl/α,β-unsaturated/α-hetero) is 1. The van der Waals surface area contributed by atoms with E-state index in [0.717, 1.165) is 45.9 Å². The molecule has 0 bridgehead atoms. The van der Waals surface area contributed by atoms with E-state index in [1.54, 1.807) is 0 Å². The van der Waals surface area contributed by atoms with Gasteiger partial charge in [0.2, 0.25) is 0 Å². The summed E-state index contributed by atoms with van der Waals surface area (Å²) < 4.78 is 2.27. The lowest BCUT2D eigenvalue weighted by atomic mass is 9.95. The fraction of sp³-hybridized carbons (Fsp3) is 0.320. The van der Waals surface area contributed by atoms with Gasteiger partial charge < -0.3 is 9.55 Å². The van der Waals surface area contributed by atoms with Crippen molar-refractivity contribution >= 4 is 28.4 Å². The Morgan fingerprint density at radius 3 is 2.58 bits per heavy atom. The molecule has 2 heterocycles. The Morgan fingerprint density at radius 2 is 1.77 bits per heavy atom. The van der Waals surface area contributed by atoms with E-state index < -0.39 is 0 Å². The topological polar surface area (TPSA) is 63.6 Å². The van der Waals surface area contributed by atoms with E-state index in [0.29, 0.717) is 6.04 Å². The summed E-state index contributed by atoms with van der Waals surface area (Å²) in [5.41, 5.74) is 2.68. The van der Waals surface area contributed by atoms with Gasteiger partial charge in [-0.15, -0.1) is 10.2 Å². The van der Waals surface area contributed by atoms with Crippen molar-refractivity contribution in [2.24, 2.45) is 0 Å². The second kappa shape index (κ2) is 8.71. The number of carbonyl (C=O) groups is 1. The van der Waals surface area contributed by atoms with Crippen LogP contribution < -0.4 is 0 Å². The van der Waals surface area contributed by atoms with Crippen molar-refractivity contribution in [2.45, 2.75) is 55.5 Å². The number of H-pyrrole nitrogens is 1. The normalized spacial score (nSPS) is 15.9. The molecule has 6 heteroatoms. The molecule has 2 aromatic carbocycles. The van der Waals surface area contributed by atoms with E-state index in [4.69, 9.17) is 0 Å². The molecule has 1 fully saturated rings. The summed E-state index contributed by atoms with van der Waals surface area (Å²) in [7, 11) is 0. The number of ketones is 1. The number of hydrogen-bond donors (Lipinski definition) is 1. The maximum absolute atomic E-state index is 13.8. The molecule has 2 aromatic heterocycles. The van der Waals surface area contributed by atoms with Gasteiger partial charge in [-0.05, 0) is 31.4 Å². The van der Waals surface area contributed by atoms with Crippen LogP contribution in [-0.2, 0) is 0 Å². The first-order chi connectivity index (χ1) is 15.2. The molecule has 4 aromatic rings. The number of rotatable bonds is 6. The van der Waals surface area contributed by atoms with Gasteiger partial charge >= 0.3 is 0 Å². The van der Waals surface area contributed by atoms with Crippen molar-refractivity contribution in [1.82, 2.24) is 19.7 Å². The first-order valence-electron chi connectivity index (χ1n) is 11.0. The average molecular weight is 431 g/mol. The fourth-order valence-corrected chi connectivity index (χ4v) is 5.83. The summed E-state index contributed by atoms with van der Waals surface area (Å²) in [4.78, 5) is 17.1. The zero-order valence-corrected chi connectivity index (χ0v) is 18.4. The minimum absolute atomic E-state index is 0.0875. The van der Waals surface area contributed by atoms with Gasteiger partial charge in [0.1, 0.15) is 11.1 Å². The average Bonchev–Trinajstić information content (AvgIpc) is 3.41. The van der Waals surface area contributed by atoms with E-state index in [-0.39, 0.29) is 11.0 Å². The first kappa shape index (κ1) is 20.1. The summed E-state index contributed by atoms with van der Waals surface area (Å²) >= 11 is 1.52. The Hall–Kier alpha value is -2.86. The molecule has 1 aliphatic rings. The lowest BCUT2D eigenvalue weighted by molar-refractivity contribution is 0.0991. The number of carbonyl (C=O) groups excluding carboxylic acids is 1. The molecule has 1 atom stereocenters. The van der Waals surface area contributed by atoms with Crippen LogP contribution >= 0.6 is 11.8 Å². The van der Waals surface area contributed by atoms with Gasteiger partial charge in [-0.25, -0.2) is 0 Å². The summed E-state index contributed by atoms with van der Waals surface area (Å²) in [6.07, 6.45) is 7.91. The lowest BCUT2D eigenvalue weighted by Gasteiger charge is -2.26. The molecule has 5 nitrogen and oxygen atoms in total. The Kier molecular flexibility index (Phi) is 5.64. The predicted octanol–water partition coefficient (Wildman–Crippen LogP) is 6.29. The van der Waals surface area contributed by atoms with E-state index in [1.807, 2.05) is 67.7 Å². The van der Waals surface area contributed by atoms with Crippen molar-refractivity contribution in [3.05, 3.63) is 77.7 Å². The van der Waals surface area contributed by atoms with Crippen LogP contribution in [0.4, 0.5) is 0 Å². The number of hydrogen-bond acceptors (Lipinski definition) is 4. The summed E-state index contributed by atoms with van der Waals surface area (Å²) in [5, 5.41) is 10.3. The van der Waals surface area contributed by atoms with E-state index in [9.17, 15) is 4.79 Å². The quantitative estimate of drug-likeness (QED) is 0.288. The zero-order valence-electron chi connectivity index (χ0n) is 17.6. The van der Waals surface area contributed by atoms with Crippen LogP contribution in [-0.4, -0.2) is 25.5 Å². The van der Waals surface area contributed by atoms with Gasteiger partial charge in [0, 0.05) is 28.7 Å². The lowest BCUT2D eigenvalue weighted by Crippen LogP contribution is -2.17. The van der Waals surface area contributed by atoms with Gasteiger partial charge in [-0.3, -0.25) is 4.79 Å². The van der Waals surface area contributed by atoms with Gasteiger partial charge in [0.25, 0.3) is 0 Å². The molecule has 0 radical (unpaired) electrons. The van der Waals surface area contributed by atoms with Crippen LogP contribution in [0.1, 0.15) is 65.1 Å². The minimum Gasteiger partial charge on any atom is -0.360 e. The van der Waals surface area contributed by atoms with Crippen molar-refractivity contribution in [2.75, 3.05) is 0 Å². The standard InChI is InChI=1S/C25H26N4OS/c1-17-27-28-25(29(17)19-12-6-3-7-13-19)31-24(18-10-4-2-5-11-18)23(30)21-16-26-22-15-9-8-14-20(21)22/h2,4-5,8-11,14-16,19,24,26H,3,6-7,12-13H2,1H3/t24-/m1/s1. The molecular formula is C25H26N4OS. The Labute approximate surface area is 186 Å². The van der Waals surface area contributed by atoms with Crippen LogP contribution in [0.15, 0.2) is 66.0 Å². The SMILES string of the molecule is Cc1nnc(S[C@@H](C(=O)c2c[nH]c3ccccc23)c2ccccc2)n1C1CCCCC1. The van der Waals surface area contributed by atoms with Crippen LogP contribution in [0, 0.1) is 6.92 Å². The van der Waals surface area contributed by atoms with Crippen LogP contribution in [0.3, 0.4) is 0 Å². The van der Waals surface area contributed by atoms with Crippen LogP contribution in [0.5, 0.6) is 0 Å². The number of thioether (sulfide) groups is 1. The third-order valence-electron chi connectivity index (χ3n) is 6.19. The Bertz CT molecular complexity index is 1190. The second-order valence-electron chi connectivity index (χ2n) is 8.21. The molecule has 0 aliphatic heterocycles. The number of aromatic amines is 1. The Morgan fingerprint density at radius 1 is 1.03 bits per heavy atom. The monoisotopic (exact) mass is 430 g/mol. The summed E-state index contributed by atoms with van der Waals surface area (Å²) in [5.74, 6) is 1.02. The van der Waals surface area contributed by atoms with Gasteiger partial charge in [0.15, 0.2) is 10.9 Å². The highest BCUT2D eigenvalue weighted by atomic mass is 32.2. The first-order valence-corrected chi connectivity index (χ1v) is 11.8. The van der Waals surface area contributed by atoms with Gasteiger partial charge in [-0.2, -0.15) is 0 Å². The third kappa shape index (κ3) is 3.92. The molecule has 0 amide bonds. The molecule has 0 spiro atoms. The number of benzene rings is 2. The largest absolute Gasteiger partial charge is 0.360 e. The van der Waals surface area contributed by atoms with Crippen molar-refractivity contribution in [3.8, 4) is 0 Å². The molecular weight excluding hydrogens is 404 g/mol. The maximum atomic E-state index is 13.8. The fourth-order valence-electron chi connectivity index (χ4n) is 4.61. The second-order valence-corrected chi connectivity index (χ2v) is 9.28. The molecule has 0 saturated heterocycles. The summed E-state index contributed by atoms with van der Waals surface area (Å²) in [6, 6.07) is 18.4. The molecule has 5 rings (SSSR count). The third-order valence-corrected chi connectivity index (χ3v) is 7.40. The molecule has 1 aliphatic carbocycles. The molecule has 158 valence electrons. The van der Waals surface area contributed by atoms with Gasteiger partial charge in [0.05, 0.1) is 0 Å². The molecule has 1 N–H and O–H groups in total. The number of fused-ring (bicyclic) bond motifs is 1.